The molecule has 6 nitrogen and oxygen atoms in total. The predicted molar refractivity (Wildman–Crippen MR) is 133 cm³/mol. The molecule has 0 spiro atoms. The molecule has 0 saturated carbocycles. The zero-order valence-electron chi connectivity index (χ0n) is 18.8. The van der Waals surface area contributed by atoms with Gasteiger partial charge in [-0.15, -0.1) is 0 Å². The molecule has 2 heterocycles. The lowest BCUT2D eigenvalue weighted by Crippen LogP contribution is -2.43. The van der Waals surface area contributed by atoms with Gasteiger partial charge in [0, 0.05) is 34.4 Å². The molecule has 2 atom stereocenters. The van der Waals surface area contributed by atoms with Gasteiger partial charge in [0.15, 0.2) is 0 Å². The maximum absolute atomic E-state index is 13.0. The molecule has 0 aliphatic carbocycles. The van der Waals surface area contributed by atoms with Crippen molar-refractivity contribution in [1.29, 1.82) is 0 Å². The second kappa shape index (κ2) is 10.5. The number of esters is 1. The molecule has 33 heavy (non-hydrogen) atoms. The first-order chi connectivity index (χ1) is 15.9. The summed E-state index contributed by atoms with van der Waals surface area (Å²) in [4.78, 5) is 28.1. The number of nitrogens with zero attached hydrogens (tertiary/aromatic N) is 1. The number of carbonyl (C=O) groups is 2. The van der Waals surface area contributed by atoms with Crippen LogP contribution in [0.15, 0.2) is 59.1 Å². The number of hydrogen-bond acceptors (Lipinski definition) is 6. The Kier molecular flexibility index (Phi) is 7.50. The van der Waals surface area contributed by atoms with Crippen molar-refractivity contribution < 1.29 is 14.3 Å². The summed E-state index contributed by atoms with van der Waals surface area (Å²) in [6, 6.07) is 15.2. The van der Waals surface area contributed by atoms with Gasteiger partial charge >= 0.3 is 5.97 Å². The number of carbonyl (C=O) groups excluding carboxylic acids is 2. The fourth-order valence-corrected chi connectivity index (χ4v) is 5.52. The molecule has 0 bridgehead atoms. The van der Waals surface area contributed by atoms with Crippen molar-refractivity contribution >= 4 is 40.9 Å². The molecule has 1 amide bonds. The Morgan fingerprint density at radius 3 is 2.79 bits per heavy atom. The third-order valence-corrected chi connectivity index (χ3v) is 7.66. The minimum atomic E-state index is -0.355. The lowest BCUT2D eigenvalue weighted by molar-refractivity contribution is -0.125. The number of allylic oxidation sites excluding steroid dienone is 1. The molecule has 2 aromatic rings. The van der Waals surface area contributed by atoms with E-state index in [1.54, 1.807) is 17.8 Å². The van der Waals surface area contributed by atoms with Crippen LogP contribution in [0.3, 0.4) is 0 Å². The number of nitrogens with one attached hydrogen (secondary N) is 2. The Labute approximate surface area is 203 Å². The van der Waals surface area contributed by atoms with E-state index in [1.807, 2.05) is 49.4 Å². The standard InChI is InChI=1S/C25H28ClN3O3S/c1-16-22(33-24(28-16)17-8-10-20(26)11-9-17)14-27-23(30)19-6-4-12-29(15-19)21-7-3-5-18(13-21)25(31)32-2/h3,5,7-11,13,19,24,28H,4,6,12,14-15H2,1-2H3,(H,27,30). The average Bonchev–Trinajstić information content (AvgIpc) is 3.23. The molecule has 8 heteroatoms. The van der Waals surface area contributed by atoms with Crippen LogP contribution in [-0.4, -0.2) is 38.6 Å². The number of hydrogen-bond donors (Lipinski definition) is 2. The number of halogens is 1. The number of piperidine rings is 1. The van der Waals surface area contributed by atoms with Crippen LogP contribution < -0.4 is 15.5 Å². The zero-order valence-corrected chi connectivity index (χ0v) is 20.3. The van der Waals surface area contributed by atoms with Gasteiger partial charge in [0.05, 0.1) is 25.1 Å². The van der Waals surface area contributed by atoms with Crippen LogP contribution in [0.5, 0.6) is 0 Å². The molecular formula is C25H28ClN3O3S. The second-order valence-electron chi connectivity index (χ2n) is 8.29. The third-order valence-electron chi connectivity index (χ3n) is 6.05. The lowest BCUT2D eigenvalue weighted by Gasteiger charge is -2.34. The molecule has 2 N–H and O–H groups in total. The summed E-state index contributed by atoms with van der Waals surface area (Å²) in [6.45, 7) is 4.05. The van der Waals surface area contributed by atoms with Crippen molar-refractivity contribution in [2.45, 2.75) is 25.1 Å². The SMILES string of the molecule is COC(=O)c1cccc(N2CCCC(C(=O)NCC3=C(C)NC(c4ccc(Cl)cc4)S3)C2)c1. The third kappa shape index (κ3) is 5.65. The van der Waals surface area contributed by atoms with Gasteiger partial charge in [-0.2, -0.15) is 0 Å². The van der Waals surface area contributed by atoms with Crippen molar-refractivity contribution in [2.75, 3.05) is 31.6 Å². The second-order valence-corrected chi connectivity index (χ2v) is 9.92. The largest absolute Gasteiger partial charge is 0.465 e. The van der Waals surface area contributed by atoms with E-state index in [-0.39, 0.29) is 23.2 Å². The molecular weight excluding hydrogens is 458 g/mol. The van der Waals surface area contributed by atoms with Crippen molar-refractivity contribution in [3.8, 4) is 0 Å². The number of benzene rings is 2. The molecule has 0 aromatic heterocycles. The van der Waals surface area contributed by atoms with Crippen LogP contribution >= 0.6 is 23.4 Å². The summed E-state index contributed by atoms with van der Waals surface area (Å²) in [5, 5.41) is 7.48. The highest BCUT2D eigenvalue weighted by Crippen LogP contribution is 2.40. The molecule has 2 aliphatic heterocycles. The minimum Gasteiger partial charge on any atom is -0.465 e. The Morgan fingerprint density at radius 2 is 2.03 bits per heavy atom. The molecule has 2 aromatic carbocycles. The number of methoxy groups -OCH3 is 1. The predicted octanol–water partition coefficient (Wildman–Crippen LogP) is 4.73. The van der Waals surface area contributed by atoms with E-state index in [0.717, 1.165) is 46.3 Å². The Morgan fingerprint density at radius 1 is 1.24 bits per heavy atom. The first kappa shape index (κ1) is 23.5. The van der Waals surface area contributed by atoms with Crippen LogP contribution in [-0.2, 0) is 9.53 Å². The van der Waals surface area contributed by atoms with Gasteiger partial charge in [0.25, 0.3) is 0 Å². The molecule has 174 valence electrons. The van der Waals surface area contributed by atoms with E-state index in [2.05, 4.69) is 15.5 Å². The summed E-state index contributed by atoms with van der Waals surface area (Å²) in [6.07, 6.45) is 1.78. The minimum absolute atomic E-state index is 0.0691. The highest BCUT2D eigenvalue weighted by molar-refractivity contribution is 8.03. The van der Waals surface area contributed by atoms with Crippen LogP contribution in [0, 0.1) is 5.92 Å². The first-order valence-corrected chi connectivity index (χ1v) is 12.3. The van der Waals surface area contributed by atoms with E-state index in [0.29, 0.717) is 18.7 Å². The number of thioether (sulfide) groups is 1. The Bertz CT molecular complexity index is 1060. The Hall–Kier alpha value is -2.64. The highest BCUT2D eigenvalue weighted by atomic mass is 35.5. The maximum atomic E-state index is 13.0. The van der Waals surface area contributed by atoms with Gasteiger partial charge in [0.1, 0.15) is 5.37 Å². The quantitative estimate of drug-likeness (QED) is 0.576. The van der Waals surface area contributed by atoms with Gasteiger partial charge in [-0.3, -0.25) is 4.79 Å². The normalized spacial score (nSPS) is 20.4. The van der Waals surface area contributed by atoms with Gasteiger partial charge in [-0.25, -0.2) is 4.79 Å². The monoisotopic (exact) mass is 485 g/mol. The maximum Gasteiger partial charge on any atom is 0.337 e. The number of anilines is 1. The first-order valence-electron chi connectivity index (χ1n) is 11.0. The molecule has 2 aliphatic rings. The van der Waals surface area contributed by atoms with E-state index >= 15 is 0 Å². The van der Waals surface area contributed by atoms with Crippen LogP contribution in [0.4, 0.5) is 5.69 Å². The molecule has 0 radical (unpaired) electrons. The fraction of sp³-hybridized carbons (Fsp3) is 0.360. The van der Waals surface area contributed by atoms with Gasteiger partial charge in [-0.05, 0) is 55.7 Å². The fourth-order valence-electron chi connectivity index (χ4n) is 4.19. The van der Waals surface area contributed by atoms with E-state index in [1.165, 1.54) is 7.11 Å². The summed E-state index contributed by atoms with van der Waals surface area (Å²) >= 11 is 7.73. The molecule has 4 rings (SSSR count). The molecule has 1 saturated heterocycles. The van der Waals surface area contributed by atoms with E-state index in [9.17, 15) is 9.59 Å². The van der Waals surface area contributed by atoms with Crippen molar-refractivity contribution in [3.63, 3.8) is 0 Å². The summed E-state index contributed by atoms with van der Waals surface area (Å²) < 4.78 is 4.83. The number of rotatable bonds is 6. The average molecular weight is 486 g/mol. The topological polar surface area (TPSA) is 70.7 Å². The highest BCUT2D eigenvalue weighted by Gasteiger charge is 2.28. The number of ether oxygens (including phenoxy) is 1. The van der Waals surface area contributed by atoms with Crippen molar-refractivity contribution in [1.82, 2.24) is 10.6 Å². The van der Waals surface area contributed by atoms with Crippen LogP contribution in [0.2, 0.25) is 5.02 Å². The van der Waals surface area contributed by atoms with Crippen LogP contribution in [0.25, 0.3) is 0 Å². The Balaban J connectivity index is 1.33. The lowest BCUT2D eigenvalue weighted by atomic mass is 9.96. The smallest absolute Gasteiger partial charge is 0.337 e. The van der Waals surface area contributed by atoms with Crippen LogP contribution in [0.1, 0.15) is 41.1 Å². The summed E-state index contributed by atoms with van der Waals surface area (Å²) in [5.41, 5.74) is 3.70. The molecule has 1 fully saturated rings. The summed E-state index contributed by atoms with van der Waals surface area (Å²) in [5.74, 6) is -0.376. The molecule has 2 unspecified atom stereocenters. The zero-order chi connectivity index (χ0) is 23.4. The van der Waals surface area contributed by atoms with E-state index < -0.39 is 0 Å². The van der Waals surface area contributed by atoms with Gasteiger partial charge < -0.3 is 20.3 Å². The number of amides is 1. The van der Waals surface area contributed by atoms with Gasteiger partial charge in [-0.1, -0.05) is 41.6 Å². The summed E-state index contributed by atoms with van der Waals surface area (Å²) in [7, 11) is 1.38. The van der Waals surface area contributed by atoms with Gasteiger partial charge in [0.2, 0.25) is 5.91 Å². The van der Waals surface area contributed by atoms with Crippen molar-refractivity contribution in [3.05, 3.63) is 75.3 Å². The van der Waals surface area contributed by atoms with Crippen molar-refractivity contribution in [2.24, 2.45) is 5.92 Å². The van der Waals surface area contributed by atoms with E-state index in [4.69, 9.17) is 16.3 Å².